The molecule has 2 atom stereocenters. The minimum Gasteiger partial charge on any atom is -0.347 e. The molecule has 1 aliphatic heterocycles. The molecule has 1 amide bonds. The summed E-state index contributed by atoms with van der Waals surface area (Å²) < 4.78 is 0. The number of halogens is 1. The molecule has 0 saturated carbocycles. The number of carbonyl (C=O) groups is 1. The number of carbonyl (C=O) groups excluding carboxylic acids is 1. The first-order valence-electron chi connectivity index (χ1n) is 9.91. The molecule has 2 unspecified atom stereocenters. The number of anilines is 1. The maximum Gasteiger partial charge on any atom is 0.243 e. The highest BCUT2D eigenvalue weighted by molar-refractivity contribution is 14.0. The topological polar surface area (TPSA) is 69.6 Å². The molecule has 3 rings (SSSR count). The van der Waals surface area contributed by atoms with Crippen LogP contribution in [0, 0.1) is 5.92 Å². The van der Waals surface area contributed by atoms with Gasteiger partial charge in [-0.3, -0.25) is 14.8 Å². The van der Waals surface area contributed by atoms with Crippen molar-refractivity contribution < 1.29 is 4.79 Å². The Hall–Kier alpha value is -2.16. The fraction of sp³-hybridized carbons (Fsp3) is 0.409. The molecule has 0 aliphatic carbocycles. The van der Waals surface area contributed by atoms with Gasteiger partial charge < -0.3 is 15.5 Å². The Labute approximate surface area is 190 Å². The van der Waals surface area contributed by atoms with E-state index in [1.807, 2.05) is 6.07 Å². The van der Waals surface area contributed by atoms with Crippen LogP contribution < -0.4 is 10.6 Å². The molecule has 7 heteroatoms. The van der Waals surface area contributed by atoms with E-state index in [2.05, 4.69) is 62.8 Å². The number of amides is 1. The summed E-state index contributed by atoms with van der Waals surface area (Å²) in [4.78, 5) is 22.9. The zero-order valence-electron chi connectivity index (χ0n) is 17.0. The summed E-state index contributed by atoms with van der Waals surface area (Å²) in [5.74, 6) is 1.82. The third-order valence-corrected chi connectivity index (χ3v) is 5.35. The van der Waals surface area contributed by atoms with Gasteiger partial charge in [0.25, 0.3) is 0 Å². The quantitative estimate of drug-likeness (QED) is 0.368. The normalized spacial score (nSPS) is 19.2. The molecule has 2 N–H and O–H groups in total. The summed E-state index contributed by atoms with van der Waals surface area (Å²) in [6, 6.07) is 14.4. The Morgan fingerprint density at radius 1 is 1.24 bits per heavy atom. The van der Waals surface area contributed by atoms with E-state index in [9.17, 15) is 4.79 Å². The third kappa shape index (κ3) is 6.42. The highest BCUT2D eigenvalue weighted by atomic mass is 127. The van der Waals surface area contributed by atoms with Crippen LogP contribution in [-0.4, -0.2) is 48.4 Å². The zero-order chi connectivity index (χ0) is 19.8. The van der Waals surface area contributed by atoms with Crippen LogP contribution in [0.4, 0.5) is 5.69 Å². The molecular weight excluding hydrogens is 477 g/mol. The summed E-state index contributed by atoms with van der Waals surface area (Å²) in [6.45, 7) is 4.30. The van der Waals surface area contributed by atoms with Gasteiger partial charge in [-0.2, -0.15) is 0 Å². The van der Waals surface area contributed by atoms with Gasteiger partial charge in [-0.1, -0.05) is 43.7 Å². The van der Waals surface area contributed by atoms with Gasteiger partial charge in [0.15, 0.2) is 5.96 Å². The SMILES string of the molecule is CCC1CN(C(=NC)NCC(=O)Nc2cccnc2)CCC1c1ccccc1.I. The summed E-state index contributed by atoms with van der Waals surface area (Å²) in [6.07, 6.45) is 5.52. The van der Waals surface area contributed by atoms with Gasteiger partial charge in [0.2, 0.25) is 5.91 Å². The van der Waals surface area contributed by atoms with Crippen molar-refractivity contribution in [1.82, 2.24) is 15.2 Å². The Kier molecular flexibility index (Phi) is 9.37. The number of hydrogen-bond acceptors (Lipinski definition) is 3. The first-order valence-corrected chi connectivity index (χ1v) is 9.91. The van der Waals surface area contributed by atoms with E-state index in [0.717, 1.165) is 31.9 Å². The molecule has 2 aromatic rings. The molecule has 156 valence electrons. The van der Waals surface area contributed by atoms with E-state index in [1.54, 1.807) is 25.5 Å². The Morgan fingerprint density at radius 2 is 2.03 bits per heavy atom. The molecular formula is C22H30IN5O. The van der Waals surface area contributed by atoms with Gasteiger partial charge in [-0.25, -0.2) is 0 Å². The predicted octanol–water partition coefficient (Wildman–Crippen LogP) is 3.73. The Bertz CT molecular complexity index is 784. The third-order valence-electron chi connectivity index (χ3n) is 5.35. The summed E-state index contributed by atoms with van der Waals surface area (Å²) in [5, 5.41) is 6.04. The fourth-order valence-corrected chi connectivity index (χ4v) is 3.91. The van der Waals surface area contributed by atoms with Crippen LogP contribution in [0.1, 0.15) is 31.2 Å². The predicted molar refractivity (Wildman–Crippen MR) is 129 cm³/mol. The lowest BCUT2D eigenvalue weighted by atomic mass is 9.79. The number of nitrogens with zero attached hydrogens (tertiary/aromatic N) is 3. The summed E-state index contributed by atoms with van der Waals surface area (Å²) in [7, 11) is 1.77. The Morgan fingerprint density at radius 3 is 2.69 bits per heavy atom. The van der Waals surface area contributed by atoms with Crippen LogP contribution >= 0.6 is 24.0 Å². The molecule has 2 heterocycles. The highest BCUT2D eigenvalue weighted by Gasteiger charge is 2.30. The van der Waals surface area contributed by atoms with Crippen molar-refractivity contribution in [1.29, 1.82) is 0 Å². The smallest absolute Gasteiger partial charge is 0.243 e. The largest absolute Gasteiger partial charge is 0.347 e. The summed E-state index contributed by atoms with van der Waals surface area (Å²) in [5.41, 5.74) is 2.12. The number of nitrogens with one attached hydrogen (secondary N) is 2. The molecule has 1 aliphatic rings. The first kappa shape index (κ1) is 23.1. The second-order valence-corrected chi connectivity index (χ2v) is 7.11. The molecule has 1 aromatic carbocycles. The highest BCUT2D eigenvalue weighted by Crippen LogP contribution is 2.34. The number of aliphatic imine (C=N–C) groups is 1. The van der Waals surface area contributed by atoms with Crippen LogP contribution in [0.2, 0.25) is 0 Å². The van der Waals surface area contributed by atoms with Gasteiger partial charge in [0.1, 0.15) is 0 Å². The number of aromatic nitrogens is 1. The number of rotatable bonds is 5. The summed E-state index contributed by atoms with van der Waals surface area (Å²) >= 11 is 0. The van der Waals surface area contributed by atoms with Crippen LogP contribution in [0.3, 0.4) is 0 Å². The van der Waals surface area contributed by atoms with Gasteiger partial charge in [0, 0.05) is 26.3 Å². The lowest BCUT2D eigenvalue weighted by Gasteiger charge is -2.40. The standard InChI is InChI=1S/C22H29N5O.HI/c1-3-17-16-27(13-11-20(17)18-8-5-4-6-9-18)22(23-2)25-15-21(28)26-19-10-7-12-24-14-19;/h4-10,12,14,17,20H,3,11,13,15-16H2,1-2H3,(H,23,25)(H,26,28);1H. The van der Waals surface area contributed by atoms with Gasteiger partial charge in [-0.05, 0) is 36.0 Å². The first-order chi connectivity index (χ1) is 13.7. The van der Waals surface area contributed by atoms with Crippen molar-refractivity contribution in [2.45, 2.75) is 25.7 Å². The van der Waals surface area contributed by atoms with Crippen LogP contribution in [-0.2, 0) is 4.79 Å². The average Bonchev–Trinajstić information content (AvgIpc) is 2.75. The molecule has 1 fully saturated rings. The van der Waals surface area contributed by atoms with Crippen LogP contribution in [0.5, 0.6) is 0 Å². The van der Waals surface area contributed by atoms with E-state index in [-0.39, 0.29) is 36.4 Å². The van der Waals surface area contributed by atoms with Gasteiger partial charge >= 0.3 is 0 Å². The van der Waals surface area contributed by atoms with Crippen LogP contribution in [0.15, 0.2) is 59.9 Å². The number of likely N-dealkylation sites (tertiary alicyclic amines) is 1. The van der Waals surface area contributed by atoms with Crippen molar-refractivity contribution in [3.63, 3.8) is 0 Å². The number of guanidine groups is 1. The number of benzene rings is 1. The minimum atomic E-state index is -0.111. The molecule has 6 nitrogen and oxygen atoms in total. The van der Waals surface area contributed by atoms with Crippen molar-refractivity contribution in [2.75, 3.05) is 32.0 Å². The lowest BCUT2D eigenvalue weighted by molar-refractivity contribution is -0.115. The van der Waals surface area contributed by atoms with Crippen molar-refractivity contribution in [3.8, 4) is 0 Å². The van der Waals surface area contributed by atoms with E-state index in [4.69, 9.17) is 0 Å². The molecule has 1 aromatic heterocycles. The van der Waals surface area contributed by atoms with Crippen molar-refractivity contribution in [2.24, 2.45) is 10.9 Å². The number of hydrogen-bond donors (Lipinski definition) is 2. The molecule has 0 bridgehead atoms. The average molecular weight is 507 g/mol. The molecule has 0 radical (unpaired) electrons. The van der Waals surface area contributed by atoms with Gasteiger partial charge in [-0.15, -0.1) is 24.0 Å². The number of piperidine rings is 1. The fourth-order valence-electron chi connectivity index (χ4n) is 3.91. The van der Waals surface area contributed by atoms with E-state index in [0.29, 0.717) is 17.5 Å². The maximum absolute atomic E-state index is 12.2. The maximum atomic E-state index is 12.2. The minimum absolute atomic E-state index is 0. The van der Waals surface area contributed by atoms with E-state index >= 15 is 0 Å². The van der Waals surface area contributed by atoms with E-state index in [1.165, 1.54) is 5.56 Å². The molecule has 29 heavy (non-hydrogen) atoms. The second kappa shape index (κ2) is 11.7. The second-order valence-electron chi connectivity index (χ2n) is 7.11. The van der Waals surface area contributed by atoms with E-state index < -0.39 is 0 Å². The molecule has 1 saturated heterocycles. The lowest BCUT2D eigenvalue weighted by Crippen LogP contribution is -2.49. The van der Waals surface area contributed by atoms with Crippen LogP contribution in [0.25, 0.3) is 0 Å². The number of pyridine rings is 1. The Balaban J connectivity index is 0.00000300. The van der Waals surface area contributed by atoms with Gasteiger partial charge in [0.05, 0.1) is 18.4 Å². The van der Waals surface area contributed by atoms with Crippen molar-refractivity contribution >= 4 is 41.5 Å². The zero-order valence-corrected chi connectivity index (χ0v) is 19.4. The molecule has 0 spiro atoms. The monoisotopic (exact) mass is 507 g/mol. The van der Waals surface area contributed by atoms with Crippen molar-refractivity contribution in [3.05, 3.63) is 60.4 Å².